The number of fused-ring (bicyclic) bond motifs is 1. The maximum absolute atomic E-state index is 12.7. The Balaban J connectivity index is 1.59. The first kappa shape index (κ1) is 19.2. The second kappa shape index (κ2) is 8.10. The minimum absolute atomic E-state index is 0.0885. The van der Waals surface area contributed by atoms with Crippen molar-refractivity contribution < 1.29 is 18.7 Å². The zero-order chi connectivity index (χ0) is 20.4. The first-order valence-corrected chi connectivity index (χ1v) is 9.89. The lowest BCUT2D eigenvalue weighted by atomic mass is 9.95. The van der Waals surface area contributed by atoms with Gasteiger partial charge < -0.3 is 19.5 Å². The van der Waals surface area contributed by atoms with Crippen molar-refractivity contribution in [3.05, 3.63) is 75.9 Å². The SMILES string of the molecule is COC(=O)c1ncoc1[C@H](CNC(=O)c1cc2cc(Cl)sc2[nH]1)c1ccccc1. The quantitative estimate of drug-likeness (QED) is 0.447. The number of nitrogens with one attached hydrogen (secondary N) is 2. The molecule has 2 N–H and O–H groups in total. The third-order valence-electron chi connectivity index (χ3n) is 4.48. The highest BCUT2D eigenvalue weighted by Gasteiger charge is 2.27. The van der Waals surface area contributed by atoms with E-state index in [-0.39, 0.29) is 18.1 Å². The fraction of sp³-hybridized carbons (Fsp3) is 0.150. The van der Waals surface area contributed by atoms with Crippen LogP contribution < -0.4 is 5.32 Å². The van der Waals surface area contributed by atoms with Crippen LogP contribution in [0.4, 0.5) is 0 Å². The van der Waals surface area contributed by atoms with Crippen LogP contribution in [-0.2, 0) is 4.74 Å². The lowest BCUT2D eigenvalue weighted by Crippen LogP contribution is -2.29. The lowest BCUT2D eigenvalue weighted by molar-refractivity contribution is 0.0592. The van der Waals surface area contributed by atoms with Crippen LogP contribution >= 0.6 is 22.9 Å². The summed E-state index contributed by atoms with van der Waals surface area (Å²) in [6.07, 6.45) is 1.20. The zero-order valence-electron chi connectivity index (χ0n) is 15.3. The normalized spacial score (nSPS) is 12.1. The van der Waals surface area contributed by atoms with Crippen LogP contribution in [0.15, 0.2) is 53.3 Å². The molecule has 1 atom stereocenters. The summed E-state index contributed by atoms with van der Waals surface area (Å²) < 4.78 is 10.9. The van der Waals surface area contributed by atoms with Gasteiger partial charge in [-0.15, -0.1) is 11.3 Å². The van der Waals surface area contributed by atoms with E-state index in [1.165, 1.54) is 24.8 Å². The van der Waals surface area contributed by atoms with Gasteiger partial charge in [0.2, 0.25) is 0 Å². The van der Waals surface area contributed by atoms with Crippen molar-refractivity contribution in [2.24, 2.45) is 0 Å². The van der Waals surface area contributed by atoms with E-state index in [4.69, 9.17) is 20.8 Å². The van der Waals surface area contributed by atoms with Gasteiger partial charge in [0, 0.05) is 11.9 Å². The molecule has 0 aliphatic rings. The standard InChI is InChI=1S/C20H16ClN3O4S/c1-27-20(26)16-17(28-10-23-16)13(11-5-3-2-4-6-11)9-22-18(25)14-7-12-8-15(21)29-19(12)24-14/h2-8,10,13,24H,9H2,1H3,(H,22,25)/t13-/m1/s1. The fourth-order valence-corrected chi connectivity index (χ4v) is 4.23. The number of hydrogen-bond acceptors (Lipinski definition) is 6. The van der Waals surface area contributed by atoms with Crippen LogP contribution in [0.25, 0.3) is 10.2 Å². The molecule has 4 rings (SSSR count). The number of thiophene rings is 1. The van der Waals surface area contributed by atoms with Crippen LogP contribution in [0.3, 0.4) is 0 Å². The van der Waals surface area contributed by atoms with Crippen LogP contribution in [0.2, 0.25) is 4.34 Å². The Morgan fingerprint density at radius 1 is 1.31 bits per heavy atom. The topological polar surface area (TPSA) is 97.2 Å². The summed E-state index contributed by atoms with van der Waals surface area (Å²) in [6, 6.07) is 13.0. The van der Waals surface area contributed by atoms with E-state index in [9.17, 15) is 9.59 Å². The Morgan fingerprint density at radius 2 is 2.10 bits per heavy atom. The highest BCUT2D eigenvalue weighted by atomic mass is 35.5. The van der Waals surface area contributed by atoms with E-state index in [1.54, 1.807) is 12.1 Å². The lowest BCUT2D eigenvalue weighted by Gasteiger charge is -2.16. The van der Waals surface area contributed by atoms with E-state index >= 15 is 0 Å². The molecule has 7 nitrogen and oxygen atoms in total. The Kier molecular flexibility index (Phi) is 5.37. The zero-order valence-corrected chi connectivity index (χ0v) is 16.8. The number of oxazole rings is 1. The van der Waals surface area contributed by atoms with Crippen molar-refractivity contribution >= 4 is 45.0 Å². The molecular weight excluding hydrogens is 414 g/mol. The van der Waals surface area contributed by atoms with Crippen molar-refractivity contribution in [1.29, 1.82) is 0 Å². The summed E-state index contributed by atoms with van der Waals surface area (Å²) in [4.78, 5) is 32.6. The molecule has 29 heavy (non-hydrogen) atoms. The summed E-state index contributed by atoms with van der Waals surface area (Å²) in [5.74, 6) is -0.947. The molecule has 9 heteroatoms. The number of H-pyrrole nitrogens is 1. The van der Waals surface area contributed by atoms with E-state index in [0.717, 1.165) is 15.8 Å². The monoisotopic (exact) mass is 429 g/mol. The summed E-state index contributed by atoms with van der Waals surface area (Å²) in [5, 5.41) is 3.78. The molecule has 3 aromatic heterocycles. The molecule has 1 aromatic carbocycles. The van der Waals surface area contributed by atoms with Gasteiger partial charge in [-0.3, -0.25) is 4.79 Å². The number of benzene rings is 1. The summed E-state index contributed by atoms with van der Waals surface area (Å²) >= 11 is 7.35. The predicted molar refractivity (Wildman–Crippen MR) is 110 cm³/mol. The molecule has 3 heterocycles. The molecule has 148 valence electrons. The average molecular weight is 430 g/mol. The van der Waals surface area contributed by atoms with Gasteiger partial charge in [0.25, 0.3) is 5.91 Å². The first-order valence-electron chi connectivity index (χ1n) is 8.69. The molecule has 0 saturated heterocycles. The summed E-state index contributed by atoms with van der Waals surface area (Å²) in [7, 11) is 1.28. The molecule has 0 radical (unpaired) electrons. The van der Waals surface area contributed by atoms with Gasteiger partial charge in [0.1, 0.15) is 16.3 Å². The number of carbonyl (C=O) groups is 2. The Morgan fingerprint density at radius 3 is 2.83 bits per heavy atom. The van der Waals surface area contributed by atoms with E-state index in [0.29, 0.717) is 15.8 Å². The van der Waals surface area contributed by atoms with Crippen LogP contribution in [0, 0.1) is 0 Å². The van der Waals surface area contributed by atoms with Gasteiger partial charge in [-0.25, -0.2) is 9.78 Å². The Hall–Kier alpha value is -3.10. The van der Waals surface area contributed by atoms with Crippen molar-refractivity contribution in [3.8, 4) is 0 Å². The molecule has 0 unspecified atom stereocenters. The average Bonchev–Trinajstić information content (AvgIpc) is 3.43. The number of methoxy groups -OCH3 is 1. The summed E-state index contributed by atoms with van der Waals surface area (Å²) in [6.45, 7) is 0.204. The van der Waals surface area contributed by atoms with Gasteiger partial charge in [-0.2, -0.15) is 0 Å². The molecule has 0 bridgehead atoms. The molecule has 0 fully saturated rings. The summed E-state index contributed by atoms with van der Waals surface area (Å²) in [5.41, 5.74) is 1.39. The Bertz CT molecular complexity index is 1130. The number of nitrogens with zero attached hydrogens (tertiary/aromatic N) is 1. The number of hydrogen-bond donors (Lipinski definition) is 2. The fourth-order valence-electron chi connectivity index (χ4n) is 3.10. The molecule has 4 aromatic rings. The van der Waals surface area contributed by atoms with Gasteiger partial charge in [-0.05, 0) is 17.7 Å². The number of amides is 1. The highest BCUT2D eigenvalue weighted by molar-refractivity contribution is 7.22. The maximum Gasteiger partial charge on any atom is 0.360 e. The van der Waals surface area contributed by atoms with Crippen molar-refractivity contribution in [2.75, 3.05) is 13.7 Å². The minimum atomic E-state index is -0.595. The molecular formula is C20H16ClN3O4S. The van der Waals surface area contributed by atoms with E-state index in [2.05, 4.69) is 15.3 Å². The number of aromatic nitrogens is 2. The molecule has 0 spiro atoms. The second-order valence-electron chi connectivity index (χ2n) is 6.25. The van der Waals surface area contributed by atoms with Crippen molar-refractivity contribution in [3.63, 3.8) is 0 Å². The number of ether oxygens (including phenoxy) is 1. The predicted octanol–water partition coefficient (Wildman–Crippen LogP) is 4.22. The van der Waals surface area contributed by atoms with Gasteiger partial charge >= 0.3 is 5.97 Å². The second-order valence-corrected chi connectivity index (χ2v) is 7.93. The number of aromatic amines is 1. The highest BCUT2D eigenvalue weighted by Crippen LogP contribution is 2.30. The third-order valence-corrected chi connectivity index (χ3v) is 5.68. The van der Waals surface area contributed by atoms with E-state index in [1.807, 2.05) is 30.3 Å². The molecule has 1 amide bonds. The molecule has 0 aliphatic heterocycles. The van der Waals surface area contributed by atoms with Crippen LogP contribution in [-0.4, -0.2) is 35.5 Å². The largest absolute Gasteiger partial charge is 0.464 e. The van der Waals surface area contributed by atoms with Gasteiger partial charge in [0.05, 0.1) is 17.4 Å². The first-order chi connectivity index (χ1) is 14.1. The van der Waals surface area contributed by atoms with Crippen LogP contribution in [0.1, 0.15) is 38.2 Å². The molecule has 0 aliphatic carbocycles. The number of carbonyl (C=O) groups excluding carboxylic acids is 2. The minimum Gasteiger partial charge on any atom is -0.464 e. The number of rotatable bonds is 6. The van der Waals surface area contributed by atoms with Gasteiger partial charge in [0.15, 0.2) is 12.1 Å². The maximum atomic E-state index is 12.7. The number of esters is 1. The third kappa shape index (κ3) is 3.90. The van der Waals surface area contributed by atoms with Crippen molar-refractivity contribution in [1.82, 2.24) is 15.3 Å². The smallest absolute Gasteiger partial charge is 0.360 e. The Labute approximate surface area is 174 Å². The number of halogens is 1. The van der Waals surface area contributed by atoms with Crippen molar-refractivity contribution in [2.45, 2.75) is 5.92 Å². The van der Waals surface area contributed by atoms with E-state index < -0.39 is 11.9 Å². The van der Waals surface area contributed by atoms with Gasteiger partial charge in [-0.1, -0.05) is 41.9 Å². The van der Waals surface area contributed by atoms with Crippen LogP contribution in [0.5, 0.6) is 0 Å². The molecule has 0 saturated carbocycles.